The molecule has 3 rings (SSSR count). The molecule has 0 amide bonds. The van der Waals surface area contributed by atoms with E-state index in [4.69, 9.17) is 0 Å². The third kappa shape index (κ3) is 4.05. The number of nitrogens with one attached hydrogen (secondary N) is 2. The summed E-state index contributed by atoms with van der Waals surface area (Å²) in [5, 5.41) is 7.31. The summed E-state index contributed by atoms with van der Waals surface area (Å²) in [6.45, 7) is 1.94. The number of rotatable bonds is 5. The van der Waals surface area contributed by atoms with E-state index < -0.39 is 11.6 Å². The second-order valence-corrected chi connectivity index (χ2v) is 6.74. The minimum atomic E-state index is -0.486. The van der Waals surface area contributed by atoms with Crippen molar-refractivity contribution in [2.75, 3.05) is 13.1 Å². The molecule has 122 valence electrons. The van der Waals surface area contributed by atoms with Crippen molar-refractivity contribution in [3.8, 4) is 0 Å². The standard InChI is InChI=1S/C18H26F2N2/c19-14-10-13(11-15(20)12-14)7-9-22-18-6-3-4-16(18)17-5-1-2-8-21-17/h10-12,16-18,21-22H,1-9H2. The number of benzene rings is 1. The maximum atomic E-state index is 13.2. The first-order chi connectivity index (χ1) is 10.7. The van der Waals surface area contributed by atoms with E-state index >= 15 is 0 Å². The van der Waals surface area contributed by atoms with Gasteiger partial charge in [0.2, 0.25) is 0 Å². The summed E-state index contributed by atoms with van der Waals surface area (Å²) in [4.78, 5) is 0. The third-order valence-electron chi connectivity index (χ3n) is 5.18. The largest absolute Gasteiger partial charge is 0.314 e. The minimum Gasteiger partial charge on any atom is -0.314 e. The SMILES string of the molecule is Fc1cc(F)cc(CCNC2CCCC2C2CCCCN2)c1. The van der Waals surface area contributed by atoms with Crippen molar-refractivity contribution in [2.45, 2.75) is 57.0 Å². The van der Waals surface area contributed by atoms with Gasteiger partial charge in [-0.15, -0.1) is 0 Å². The molecule has 0 spiro atoms. The van der Waals surface area contributed by atoms with Crippen LogP contribution in [0.5, 0.6) is 0 Å². The van der Waals surface area contributed by atoms with Crippen LogP contribution in [0.25, 0.3) is 0 Å². The zero-order valence-electron chi connectivity index (χ0n) is 13.1. The van der Waals surface area contributed by atoms with Crippen LogP contribution in [-0.4, -0.2) is 25.2 Å². The monoisotopic (exact) mass is 308 g/mol. The van der Waals surface area contributed by atoms with Gasteiger partial charge in [0.05, 0.1) is 0 Å². The number of hydrogen-bond donors (Lipinski definition) is 2. The van der Waals surface area contributed by atoms with E-state index in [1.54, 1.807) is 0 Å². The van der Waals surface area contributed by atoms with Crippen LogP contribution in [0.15, 0.2) is 18.2 Å². The van der Waals surface area contributed by atoms with E-state index in [0.717, 1.165) is 24.7 Å². The van der Waals surface area contributed by atoms with Crippen LogP contribution in [0.2, 0.25) is 0 Å². The van der Waals surface area contributed by atoms with E-state index in [9.17, 15) is 8.78 Å². The van der Waals surface area contributed by atoms with Crippen LogP contribution in [0.4, 0.5) is 8.78 Å². The Morgan fingerprint density at radius 2 is 1.82 bits per heavy atom. The van der Waals surface area contributed by atoms with Crippen molar-refractivity contribution in [3.63, 3.8) is 0 Å². The lowest BCUT2D eigenvalue weighted by Gasteiger charge is -2.33. The summed E-state index contributed by atoms with van der Waals surface area (Å²) < 4.78 is 26.4. The molecule has 3 unspecified atom stereocenters. The molecule has 1 saturated carbocycles. The Balaban J connectivity index is 1.49. The van der Waals surface area contributed by atoms with Gasteiger partial charge >= 0.3 is 0 Å². The summed E-state index contributed by atoms with van der Waals surface area (Å²) in [7, 11) is 0. The summed E-state index contributed by atoms with van der Waals surface area (Å²) >= 11 is 0. The van der Waals surface area contributed by atoms with Crippen molar-refractivity contribution in [3.05, 3.63) is 35.4 Å². The highest BCUT2D eigenvalue weighted by molar-refractivity contribution is 5.18. The first-order valence-electron chi connectivity index (χ1n) is 8.64. The van der Waals surface area contributed by atoms with Gasteiger partial charge in [0, 0.05) is 18.2 Å². The quantitative estimate of drug-likeness (QED) is 0.871. The maximum absolute atomic E-state index is 13.2. The van der Waals surface area contributed by atoms with Crippen LogP contribution in [-0.2, 0) is 6.42 Å². The van der Waals surface area contributed by atoms with E-state index in [1.807, 2.05) is 0 Å². The van der Waals surface area contributed by atoms with Crippen molar-refractivity contribution in [1.29, 1.82) is 0 Å². The van der Waals surface area contributed by atoms with Crippen molar-refractivity contribution < 1.29 is 8.78 Å². The van der Waals surface area contributed by atoms with Gasteiger partial charge in [-0.3, -0.25) is 0 Å². The number of piperidine rings is 1. The second-order valence-electron chi connectivity index (χ2n) is 6.74. The van der Waals surface area contributed by atoms with Gasteiger partial charge in [0.1, 0.15) is 11.6 Å². The zero-order chi connectivity index (χ0) is 15.4. The fourth-order valence-electron chi connectivity index (χ4n) is 4.13. The Morgan fingerprint density at radius 3 is 2.55 bits per heavy atom. The van der Waals surface area contributed by atoms with Gasteiger partial charge in [-0.1, -0.05) is 12.8 Å². The lowest BCUT2D eigenvalue weighted by atomic mass is 9.88. The molecule has 1 aliphatic carbocycles. The van der Waals surface area contributed by atoms with Crippen LogP contribution >= 0.6 is 0 Å². The van der Waals surface area contributed by atoms with Crippen molar-refractivity contribution in [2.24, 2.45) is 5.92 Å². The maximum Gasteiger partial charge on any atom is 0.126 e. The molecular weight excluding hydrogens is 282 g/mol. The molecule has 0 radical (unpaired) electrons. The molecule has 4 heteroatoms. The van der Waals surface area contributed by atoms with Gasteiger partial charge in [-0.25, -0.2) is 8.78 Å². The van der Waals surface area contributed by atoms with E-state index in [2.05, 4.69) is 10.6 Å². The molecule has 22 heavy (non-hydrogen) atoms. The topological polar surface area (TPSA) is 24.1 Å². The third-order valence-corrected chi connectivity index (χ3v) is 5.18. The minimum absolute atomic E-state index is 0.486. The highest BCUT2D eigenvalue weighted by atomic mass is 19.1. The molecule has 2 fully saturated rings. The lowest BCUT2D eigenvalue weighted by molar-refractivity contribution is 0.258. The number of hydrogen-bond acceptors (Lipinski definition) is 2. The van der Waals surface area contributed by atoms with E-state index in [1.165, 1.54) is 50.7 Å². The van der Waals surface area contributed by atoms with Crippen molar-refractivity contribution >= 4 is 0 Å². The molecular formula is C18H26F2N2. The average Bonchev–Trinajstić information content (AvgIpc) is 2.96. The number of halogens is 2. The first kappa shape index (κ1) is 15.9. The van der Waals surface area contributed by atoms with Gasteiger partial charge in [-0.2, -0.15) is 0 Å². The molecule has 0 aromatic heterocycles. The van der Waals surface area contributed by atoms with Crippen molar-refractivity contribution in [1.82, 2.24) is 10.6 Å². The fraction of sp³-hybridized carbons (Fsp3) is 0.667. The Hall–Kier alpha value is -1.00. The van der Waals surface area contributed by atoms with Gasteiger partial charge in [0.25, 0.3) is 0 Å². The summed E-state index contributed by atoms with van der Waals surface area (Å²) in [6, 6.07) is 4.99. The normalized spacial score (nSPS) is 28.9. The first-order valence-corrected chi connectivity index (χ1v) is 8.64. The second kappa shape index (κ2) is 7.51. The fourth-order valence-corrected chi connectivity index (χ4v) is 4.13. The van der Waals surface area contributed by atoms with Crippen LogP contribution < -0.4 is 10.6 Å². The Kier molecular flexibility index (Phi) is 5.42. The van der Waals surface area contributed by atoms with Gasteiger partial charge in [0.15, 0.2) is 0 Å². The van der Waals surface area contributed by atoms with E-state index in [0.29, 0.717) is 24.4 Å². The highest BCUT2D eigenvalue weighted by Crippen LogP contribution is 2.31. The van der Waals surface area contributed by atoms with Crippen LogP contribution in [0, 0.1) is 17.6 Å². The Bertz CT molecular complexity index is 466. The smallest absolute Gasteiger partial charge is 0.126 e. The highest BCUT2D eigenvalue weighted by Gasteiger charge is 2.33. The molecule has 1 aromatic carbocycles. The molecule has 0 bridgehead atoms. The molecule has 2 nitrogen and oxygen atoms in total. The van der Waals surface area contributed by atoms with Crippen LogP contribution in [0.1, 0.15) is 44.1 Å². The molecule has 2 N–H and O–H groups in total. The van der Waals surface area contributed by atoms with Crippen LogP contribution in [0.3, 0.4) is 0 Å². The summed E-state index contributed by atoms with van der Waals surface area (Å²) in [5.74, 6) is -0.259. The molecule has 3 atom stereocenters. The molecule has 2 aliphatic rings. The van der Waals surface area contributed by atoms with Gasteiger partial charge in [-0.05, 0) is 68.8 Å². The zero-order valence-corrected chi connectivity index (χ0v) is 13.1. The molecule has 1 aromatic rings. The molecule has 1 saturated heterocycles. The summed E-state index contributed by atoms with van der Waals surface area (Å²) in [5.41, 5.74) is 0.732. The Labute approximate surface area is 131 Å². The Morgan fingerprint density at radius 1 is 1.00 bits per heavy atom. The molecule has 1 heterocycles. The van der Waals surface area contributed by atoms with Gasteiger partial charge < -0.3 is 10.6 Å². The predicted octanol–water partition coefficient (Wildman–Crippen LogP) is 3.41. The lowest BCUT2D eigenvalue weighted by Crippen LogP contribution is -2.47. The van der Waals surface area contributed by atoms with E-state index in [-0.39, 0.29) is 0 Å². The average molecular weight is 308 g/mol. The predicted molar refractivity (Wildman–Crippen MR) is 84.8 cm³/mol. The summed E-state index contributed by atoms with van der Waals surface area (Å²) in [6.07, 6.45) is 8.41. The molecule has 1 aliphatic heterocycles.